The Bertz CT molecular complexity index is 498. The van der Waals surface area contributed by atoms with Gasteiger partial charge in [-0.15, -0.1) is 0 Å². The van der Waals surface area contributed by atoms with Gasteiger partial charge < -0.3 is 15.2 Å². The lowest BCUT2D eigenvalue weighted by Crippen LogP contribution is -2.33. The van der Waals surface area contributed by atoms with E-state index in [1.54, 1.807) is 19.2 Å². The van der Waals surface area contributed by atoms with Crippen molar-refractivity contribution in [1.29, 1.82) is 0 Å². The van der Waals surface area contributed by atoms with Crippen LogP contribution in [-0.4, -0.2) is 36.7 Å². The topological polar surface area (TPSA) is 65.9 Å². The zero-order valence-electron chi connectivity index (χ0n) is 10.8. The molecule has 0 fully saturated rings. The zero-order valence-corrected chi connectivity index (χ0v) is 14.8. The van der Waals surface area contributed by atoms with Gasteiger partial charge >= 0.3 is 0 Å². The summed E-state index contributed by atoms with van der Waals surface area (Å²) in [5, 5.41) is 17.2. The molecule has 0 saturated carbocycles. The van der Waals surface area contributed by atoms with Gasteiger partial charge in [-0.2, -0.15) is 5.10 Å². The molecule has 0 aromatic heterocycles. The van der Waals surface area contributed by atoms with Gasteiger partial charge in [0.1, 0.15) is 5.75 Å². The highest BCUT2D eigenvalue weighted by Gasteiger charge is 2.05. The van der Waals surface area contributed by atoms with Crippen molar-refractivity contribution in [3.8, 4) is 5.75 Å². The Kier molecular flexibility index (Phi) is 8.05. The van der Waals surface area contributed by atoms with Gasteiger partial charge in [-0.05, 0) is 46.7 Å². The summed E-state index contributed by atoms with van der Waals surface area (Å²) < 4.78 is 6.36. The number of benzene rings is 1. The maximum Gasteiger partial charge on any atom is 0.186 e. The van der Waals surface area contributed by atoms with E-state index in [0.717, 1.165) is 10.9 Å². The summed E-state index contributed by atoms with van der Waals surface area (Å²) >= 11 is 11.6. The number of nitrogens with zero attached hydrogens (tertiary/aromatic N) is 1. The summed E-state index contributed by atoms with van der Waals surface area (Å²) in [5.41, 5.74) is 3.25. The van der Waals surface area contributed by atoms with Crippen LogP contribution in [0.2, 0.25) is 0 Å². The van der Waals surface area contributed by atoms with Gasteiger partial charge in [0.2, 0.25) is 0 Å². The number of rotatable bonds is 6. The third-order valence-corrected chi connectivity index (χ3v) is 3.54. The van der Waals surface area contributed by atoms with Crippen molar-refractivity contribution >= 4 is 55.4 Å². The van der Waals surface area contributed by atoms with Gasteiger partial charge in [-0.25, -0.2) is 0 Å². The second-order valence-electron chi connectivity index (χ2n) is 3.80. The Morgan fingerprint density at radius 3 is 2.95 bits per heavy atom. The SMILES string of the molecule is COCCCNC(=S)NN=Cc1cc(Br)cc(Br)c1O. The van der Waals surface area contributed by atoms with Gasteiger partial charge in [0.05, 0.1) is 10.7 Å². The van der Waals surface area contributed by atoms with E-state index in [9.17, 15) is 5.11 Å². The van der Waals surface area contributed by atoms with Crippen LogP contribution in [0.4, 0.5) is 0 Å². The number of hydrazone groups is 1. The lowest BCUT2D eigenvalue weighted by Gasteiger charge is -2.06. The van der Waals surface area contributed by atoms with Crippen LogP contribution in [0.3, 0.4) is 0 Å². The van der Waals surface area contributed by atoms with E-state index in [2.05, 4.69) is 47.7 Å². The normalized spacial score (nSPS) is 10.8. The summed E-state index contributed by atoms with van der Waals surface area (Å²) in [7, 11) is 1.66. The van der Waals surface area contributed by atoms with Crippen molar-refractivity contribution in [3.05, 3.63) is 26.6 Å². The van der Waals surface area contributed by atoms with Crippen LogP contribution >= 0.6 is 44.1 Å². The Balaban J connectivity index is 2.47. The fourth-order valence-electron chi connectivity index (χ4n) is 1.30. The number of nitrogens with one attached hydrogen (secondary N) is 2. The van der Waals surface area contributed by atoms with E-state index in [4.69, 9.17) is 17.0 Å². The molecule has 5 nitrogen and oxygen atoms in total. The first-order chi connectivity index (χ1) is 9.54. The molecule has 20 heavy (non-hydrogen) atoms. The third kappa shape index (κ3) is 6.17. The molecule has 1 aromatic rings. The molecule has 0 aliphatic carbocycles. The predicted molar refractivity (Wildman–Crippen MR) is 91.3 cm³/mol. The van der Waals surface area contributed by atoms with Crippen molar-refractivity contribution in [3.63, 3.8) is 0 Å². The summed E-state index contributed by atoms with van der Waals surface area (Å²) in [6.45, 7) is 1.39. The molecule has 8 heteroatoms. The summed E-state index contributed by atoms with van der Waals surface area (Å²) in [5.74, 6) is 0.123. The average Bonchev–Trinajstić information content (AvgIpc) is 2.40. The van der Waals surface area contributed by atoms with Gasteiger partial charge in [0.15, 0.2) is 5.11 Å². The first-order valence-electron chi connectivity index (χ1n) is 5.78. The Labute approximate surface area is 140 Å². The minimum atomic E-state index is 0.123. The van der Waals surface area contributed by atoms with Crippen LogP contribution in [0.1, 0.15) is 12.0 Å². The molecule has 0 radical (unpaired) electrons. The molecular weight excluding hydrogens is 410 g/mol. The number of hydrogen-bond donors (Lipinski definition) is 3. The second-order valence-corrected chi connectivity index (χ2v) is 5.98. The molecule has 0 amide bonds. The maximum absolute atomic E-state index is 9.84. The highest BCUT2D eigenvalue weighted by molar-refractivity contribution is 9.11. The molecule has 110 valence electrons. The number of thiocarbonyl (C=S) groups is 1. The number of phenols is 1. The minimum Gasteiger partial charge on any atom is -0.506 e. The fourth-order valence-corrected chi connectivity index (χ4v) is 2.72. The van der Waals surface area contributed by atoms with Crippen molar-refractivity contribution in [2.45, 2.75) is 6.42 Å². The molecule has 0 aliphatic rings. The molecule has 0 saturated heterocycles. The number of halogens is 2. The third-order valence-electron chi connectivity index (χ3n) is 2.24. The first kappa shape index (κ1) is 17.4. The van der Waals surface area contributed by atoms with Crippen LogP contribution in [-0.2, 0) is 4.74 Å². The van der Waals surface area contributed by atoms with E-state index in [0.29, 0.717) is 28.3 Å². The van der Waals surface area contributed by atoms with Gasteiger partial charge in [0.25, 0.3) is 0 Å². The molecule has 0 unspecified atom stereocenters. The lowest BCUT2D eigenvalue weighted by molar-refractivity contribution is 0.195. The Morgan fingerprint density at radius 2 is 2.25 bits per heavy atom. The van der Waals surface area contributed by atoms with E-state index in [-0.39, 0.29) is 5.75 Å². The summed E-state index contributed by atoms with van der Waals surface area (Å²) in [6, 6.07) is 3.50. The largest absolute Gasteiger partial charge is 0.506 e. The van der Waals surface area contributed by atoms with Gasteiger partial charge in [0, 0.05) is 30.3 Å². The molecule has 0 spiro atoms. The van der Waals surface area contributed by atoms with E-state index in [1.165, 1.54) is 6.21 Å². The number of hydrogen-bond acceptors (Lipinski definition) is 4. The van der Waals surface area contributed by atoms with Gasteiger partial charge in [-0.1, -0.05) is 15.9 Å². The van der Waals surface area contributed by atoms with E-state index < -0.39 is 0 Å². The smallest absolute Gasteiger partial charge is 0.186 e. The average molecular weight is 425 g/mol. The minimum absolute atomic E-state index is 0.123. The molecule has 0 bridgehead atoms. The Hall–Kier alpha value is -0.700. The molecule has 1 rings (SSSR count). The Morgan fingerprint density at radius 1 is 1.50 bits per heavy atom. The molecule has 0 atom stereocenters. The summed E-state index contributed by atoms with van der Waals surface area (Å²) in [4.78, 5) is 0. The maximum atomic E-state index is 9.84. The van der Waals surface area contributed by atoms with Crippen LogP contribution in [0.25, 0.3) is 0 Å². The van der Waals surface area contributed by atoms with Crippen molar-refractivity contribution in [2.24, 2.45) is 5.10 Å². The van der Waals surface area contributed by atoms with Gasteiger partial charge in [-0.3, -0.25) is 5.43 Å². The monoisotopic (exact) mass is 423 g/mol. The van der Waals surface area contributed by atoms with Crippen LogP contribution in [0.5, 0.6) is 5.75 Å². The van der Waals surface area contributed by atoms with Crippen LogP contribution in [0.15, 0.2) is 26.2 Å². The highest BCUT2D eigenvalue weighted by Crippen LogP contribution is 2.30. The second kappa shape index (κ2) is 9.28. The number of aromatic hydroxyl groups is 1. The first-order valence-corrected chi connectivity index (χ1v) is 7.78. The van der Waals surface area contributed by atoms with Crippen molar-refractivity contribution in [2.75, 3.05) is 20.3 Å². The van der Waals surface area contributed by atoms with E-state index in [1.807, 2.05) is 0 Å². The molecule has 0 aliphatic heterocycles. The fraction of sp³-hybridized carbons (Fsp3) is 0.333. The number of methoxy groups -OCH3 is 1. The number of ether oxygens (including phenoxy) is 1. The standard InChI is InChI=1S/C12H15Br2N3O2S/c1-19-4-2-3-15-12(20)17-16-7-8-5-9(13)6-10(14)11(8)18/h5-7,18H,2-4H2,1H3,(H2,15,17,20). The molecule has 3 N–H and O–H groups in total. The van der Waals surface area contributed by atoms with Crippen LogP contribution in [0, 0.1) is 0 Å². The van der Waals surface area contributed by atoms with E-state index >= 15 is 0 Å². The van der Waals surface area contributed by atoms with Crippen molar-refractivity contribution in [1.82, 2.24) is 10.7 Å². The summed E-state index contributed by atoms with van der Waals surface area (Å²) in [6.07, 6.45) is 2.36. The quantitative estimate of drug-likeness (QED) is 0.283. The highest BCUT2D eigenvalue weighted by atomic mass is 79.9. The molecule has 1 aromatic carbocycles. The lowest BCUT2D eigenvalue weighted by atomic mass is 10.2. The molecule has 0 heterocycles. The zero-order chi connectivity index (χ0) is 15.0. The van der Waals surface area contributed by atoms with Crippen LogP contribution < -0.4 is 10.7 Å². The van der Waals surface area contributed by atoms with Crippen molar-refractivity contribution < 1.29 is 9.84 Å². The number of phenolic OH excluding ortho intramolecular Hbond substituents is 1. The molecular formula is C12H15Br2N3O2S. The predicted octanol–water partition coefficient (Wildman–Crippen LogP) is 2.75.